The normalized spacial score (nSPS) is 10.4. The molecule has 0 saturated carbocycles. The molecule has 0 radical (unpaired) electrons. The summed E-state index contributed by atoms with van der Waals surface area (Å²) < 4.78 is 10.8. The standard InChI is InChI=1S/C13H15NO2/c1-4-16-13-8-14-9(2)11-6-5-10(15-3)7-12(11)13/h5-8H,4H2,1-3H3. The molecule has 0 amide bonds. The number of aryl methyl sites for hydroxylation is 1. The van der Waals surface area contributed by atoms with Gasteiger partial charge in [0.2, 0.25) is 0 Å². The molecule has 16 heavy (non-hydrogen) atoms. The molecule has 0 fully saturated rings. The molecule has 0 aliphatic heterocycles. The van der Waals surface area contributed by atoms with Crippen LogP contribution in [0.4, 0.5) is 0 Å². The fourth-order valence-electron chi connectivity index (χ4n) is 1.73. The number of aromatic nitrogens is 1. The molecule has 2 aromatic rings. The van der Waals surface area contributed by atoms with Crippen LogP contribution in [0.1, 0.15) is 12.6 Å². The number of nitrogens with zero attached hydrogens (tertiary/aromatic N) is 1. The topological polar surface area (TPSA) is 31.4 Å². The molecule has 1 heterocycles. The fraction of sp³-hybridized carbons (Fsp3) is 0.308. The van der Waals surface area contributed by atoms with Gasteiger partial charge >= 0.3 is 0 Å². The summed E-state index contributed by atoms with van der Waals surface area (Å²) in [6, 6.07) is 5.93. The number of ether oxygens (including phenoxy) is 2. The second-order valence-corrected chi connectivity index (χ2v) is 3.55. The van der Waals surface area contributed by atoms with Crippen LogP contribution < -0.4 is 9.47 Å². The Hall–Kier alpha value is -1.77. The first-order valence-electron chi connectivity index (χ1n) is 5.32. The SMILES string of the molecule is CCOc1cnc(C)c2ccc(OC)cc12. The summed E-state index contributed by atoms with van der Waals surface area (Å²) in [6.45, 7) is 4.59. The molecule has 0 saturated heterocycles. The van der Waals surface area contributed by atoms with Gasteiger partial charge in [0.1, 0.15) is 11.5 Å². The monoisotopic (exact) mass is 217 g/mol. The van der Waals surface area contributed by atoms with Crippen molar-refractivity contribution in [2.24, 2.45) is 0 Å². The molecular weight excluding hydrogens is 202 g/mol. The molecule has 84 valence electrons. The predicted octanol–water partition coefficient (Wildman–Crippen LogP) is 2.95. The third-order valence-corrected chi connectivity index (χ3v) is 2.56. The van der Waals surface area contributed by atoms with Crippen molar-refractivity contribution < 1.29 is 9.47 Å². The van der Waals surface area contributed by atoms with E-state index in [9.17, 15) is 0 Å². The van der Waals surface area contributed by atoms with Gasteiger partial charge in [-0.2, -0.15) is 0 Å². The Morgan fingerprint density at radius 1 is 1.25 bits per heavy atom. The number of methoxy groups -OCH3 is 1. The number of rotatable bonds is 3. The molecule has 0 aliphatic rings. The van der Waals surface area contributed by atoms with E-state index in [1.165, 1.54) is 0 Å². The third kappa shape index (κ3) is 1.81. The maximum atomic E-state index is 5.56. The largest absolute Gasteiger partial charge is 0.497 e. The number of benzene rings is 1. The van der Waals surface area contributed by atoms with Gasteiger partial charge in [-0.05, 0) is 32.0 Å². The maximum absolute atomic E-state index is 5.56. The van der Waals surface area contributed by atoms with Crippen molar-refractivity contribution in [1.29, 1.82) is 0 Å². The first-order valence-corrected chi connectivity index (χ1v) is 5.32. The lowest BCUT2D eigenvalue weighted by atomic mass is 10.1. The number of hydrogen-bond acceptors (Lipinski definition) is 3. The highest BCUT2D eigenvalue weighted by Crippen LogP contribution is 2.30. The van der Waals surface area contributed by atoms with Crippen LogP contribution in [0.15, 0.2) is 24.4 Å². The minimum Gasteiger partial charge on any atom is -0.497 e. The van der Waals surface area contributed by atoms with Gasteiger partial charge in [-0.15, -0.1) is 0 Å². The van der Waals surface area contributed by atoms with Crippen LogP contribution >= 0.6 is 0 Å². The Bertz CT molecular complexity index is 509. The molecule has 0 unspecified atom stereocenters. The molecule has 3 nitrogen and oxygen atoms in total. The van der Waals surface area contributed by atoms with Crippen LogP contribution in [0.5, 0.6) is 11.5 Å². The summed E-state index contributed by atoms with van der Waals surface area (Å²) in [6.07, 6.45) is 1.76. The second-order valence-electron chi connectivity index (χ2n) is 3.55. The predicted molar refractivity (Wildman–Crippen MR) is 64.2 cm³/mol. The van der Waals surface area contributed by atoms with Crippen molar-refractivity contribution in [3.63, 3.8) is 0 Å². The van der Waals surface area contributed by atoms with E-state index in [2.05, 4.69) is 4.98 Å². The number of fused-ring (bicyclic) bond motifs is 1. The second kappa shape index (κ2) is 4.39. The smallest absolute Gasteiger partial charge is 0.145 e. The third-order valence-electron chi connectivity index (χ3n) is 2.56. The zero-order chi connectivity index (χ0) is 11.5. The summed E-state index contributed by atoms with van der Waals surface area (Å²) in [5, 5.41) is 2.15. The van der Waals surface area contributed by atoms with Gasteiger partial charge in [-0.3, -0.25) is 4.98 Å². The molecule has 1 aromatic carbocycles. The van der Waals surface area contributed by atoms with E-state index < -0.39 is 0 Å². The minimum atomic E-state index is 0.636. The highest BCUT2D eigenvalue weighted by atomic mass is 16.5. The Labute approximate surface area is 95.0 Å². The number of hydrogen-bond donors (Lipinski definition) is 0. The lowest BCUT2D eigenvalue weighted by Crippen LogP contribution is -1.95. The quantitative estimate of drug-likeness (QED) is 0.792. The molecule has 2 rings (SSSR count). The van der Waals surface area contributed by atoms with Gasteiger partial charge in [0.15, 0.2) is 0 Å². The molecule has 3 heteroatoms. The summed E-state index contributed by atoms with van der Waals surface area (Å²) >= 11 is 0. The van der Waals surface area contributed by atoms with Crippen LogP contribution in [0, 0.1) is 6.92 Å². The highest BCUT2D eigenvalue weighted by Gasteiger charge is 2.06. The lowest BCUT2D eigenvalue weighted by molar-refractivity contribution is 0.342. The molecule has 0 spiro atoms. The van der Waals surface area contributed by atoms with Crippen molar-refractivity contribution in [1.82, 2.24) is 4.98 Å². The van der Waals surface area contributed by atoms with Gasteiger partial charge in [-0.25, -0.2) is 0 Å². The van der Waals surface area contributed by atoms with Gasteiger partial charge in [0.05, 0.1) is 19.9 Å². The Kier molecular flexibility index (Phi) is 2.95. The van der Waals surface area contributed by atoms with Crippen LogP contribution in [0.2, 0.25) is 0 Å². The molecule has 0 bridgehead atoms. The lowest BCUT2D eigenvalue weighted by Gasteiger charge is -2.10. The van der Waals surface area contributed by atoms with Gasteiger partial charge < -0.3 is 9.47 Å². The average molecular weight is 217 g/mol. The summed E-state index contributed by atoms with van der Waals surface area (Å²) in [5.41, 5.74) is 1.00. The first-order chi connectivity index (χ1) is 7.76. The fourth-order valence-corrected chi connectivity index (χ4v) is 1.73. The van der Waals surface area contributed by atoms with Crippen molar-refractivity contribution >= 4 is 10.8 Å². The number of pyridine rings is 1. The summed E-state index contributed by atoms with van der Waals surface area (Å²) in [4.78, 5) is 4.32. The van der Waals surface area contributed by atoms with E-state index in [1.807, 2.05) is 32.0 Å². The Morgan fingerprint density at radius 2 is 2.06 bits per heavy atom. The van der Waals surface area contributed by atoms with Crippen LogP contribution in [-0.2, 0) is 0 Å². The molecule has 0 N–H and O–H groups in total. The van der Waals surface area contributed by atoms with Gasteiger partial charge in [0, 0.05) is 16.5 Å². The van der Waals surface area contributed by atoms with Crippen molar-refractivity contribution in [2.45, 2.75) is 13.8 Å². The Balaban J connectivity index is 2.67. The van der Waals surface area contributed by atoms with Crippen molar-refractivity contribution in [2.75, 3.05) is 13.7 Å². The maximum Gasteiger partial charge on any atom is 0.145 e. The van der Waals surface area contributed by atoms with Crippen LogP contribution in [-0.4, -0.2) is 18.7 Å². The van der Waals surface area contributed by atoms with Gasteiger partial charge in [-0.1, -0.05) is 0 Å². The molecule has 1 aromatic heterocycles. The van der Waals surface area contributed by atoms with E-state index >= 15 is 0 Å². The van der Waals surface area contributed by atoms with E-state index in [1.54, 1.807) is 13.3 Å². The highest BCUT2D eigenvalue weighted by molar-refractivity contribution is 5.90. The van der Waals surface area contributed by atoms with Crippen LogP contribution in [0.25, 0.3) is 10.8 Å². The van der Waals surface area contributed by atoms with E-state index in [0.29, 0.717) is 6.61 Å². The van der Waals surface area contributed by atoms with E-state index in [0.717, 1.165) is 28.0 Å². The average Bonchev–Trinajstić information content (AvgIpc) is 2.32. The van der Waals surface area contributed by atoms with Crippen LogP contribution in [0.3, 0.4) is 0 Å². The molecular formula is C13H15NO2. The Morgan fingerprint density at radius 3 is 2.75 bits per heavy atom. The van der Waals surface area contributed by atoms with Crippen molar-refractivity contribution in [3.05, 3.63) is 30.1 Å². The van der Waals surface area contributed by atoms with Crippen molar-refractivity contribution in [3.8, 4) is 11.5 Å². The van der Waals surface area contributed by atoms with E-state index in [-0.39, 0.29) is 0 Å². The zero-order valence-corrected chi connectivity index (χ0v) is 9.78. The molecule has 0 aliphatic carbocycles. The van der Waals surface area contributed by atoms with Gasteiger partial charge in [0.25, 0.3) is 0 Å². The van der Waals surface area contributed by atoms with E-state index in [4.69, 9.17) is 9.47 Å². The summed E-state index contributed by atoms with van der Waals surface area (Å²) in [7, 11) is 1.66. The minimum absolute atomic E-state index is 0.636. The molecule has 0 atom stereocenters. The first kappa shape index (κ1) is 10.7. The zero-order valence-electron chi connectivity index (χ0n) is 9.78. The summed E-state index contributed by atoms with van der Waals surface area (Å²) in [5.74, 6) is 1.64.